The van der Waals surface area contributed by atoms with Crippen molar-refractivity contribution < 1.29 is 9.30 Å². The Balaban J connectivity index is 1.61. The maximum absolute atomic E-state index is 5.67. The molecule has 0 amide bonds. The smallest absolute Gasteiger partial charge is 0.243 e. The van der Waals surface area contributed by atoms with Crippen molar-refractivity contribution in [2.24, 2.45) is 0 Å². The zero-order valence-corrected chi connectivity index (χ0v) is 11.7. The molecule has 0 bridgehead atoms. The van der Waals surface area contributed by atoms with Crippen molar-refractivity contribution >= 4 is 0 Å². The number of benzene rings is 1. The molecule has 0 radical (unpaired) electrons. The molecule has 0 fully saturated rings. The van der Waals surface area contributed by atoms with Gasteiger partial charge >= 0.3 is 0 Å². The van der Waals surface area contributed by atoms with Crippen molar-refractivity contribution in [2.45, 2.75) is 39.3 Å². The maximum atomic E-state index is 5.67. The highest BCUT2D eigenvalue weighted by Gasteiger charge is 2.02. The highest BCUT2D eigenvalue weighted by Crippen LogP contribution is 2.08. The summed E-state index contributed by atoms with van der Waals surface area (Å²) in [5, 5.41) is 0. The van der Waals surface area contributed by atoms with Crippen molar-refractivity contribution in [3.05, 3.63) is 49.1 Å². The van der Waals surface area contributed by atoms with Gasteiger partial charge < -0.3 is 4.74 Å². The predicted molar refractivity (Wildman–Crippen MR) is 76.1 cm³/mol. The van der Waals surface area contributed by atoms with E-state index in [9.17, 15) is 0 Å². The molecule has 1 heterocycles. The van der Waals surface area contributed by atoms with Gasteiger partial charge in [-0.1, -0.05) is 25.1 Å². The lowest BCUT2D eigenvalue weighted by molar-refractivity contribution is -0.696. The molecule has 3 nitrogen and oxygen atoms in total. The van der Waals surface area contributed by atoms with Crippen LogP contribution in [0.5, 0.6) is 5.75 Å². The first kappa shape index (κ1) is 13.7. The molecule has 0 saturated carbocycles. The molecule has 0 spiro atoms. The Morgan fingerprint density at radius 1 is 1.16 bits per heavy atom. The lowest BCUT2D eigenvalue weighted by Gasteiger charge is -2.04. The second-order valence-electron chi connectivity index (χ2n) is 4.76. The first-order chi connectivity index (χ1) is 9.38. The van der Waals surface area contributed by atoms with Gasteiger partial charge in [0.15, 0.2) is 0 Å². The SMILES string of the molecule is CCC[n+]1ccn(CCCCOc2ccccc2)c1. The van der Waals surface area contributed by atoms with Crippen LogP contribution in [0.1, 0.15) is 26.2 Å². The van der Waals surface area contributed by atoms with E-state index < -0.39 is 0 Å². The fourth-order valence-electron chi connectivity index (χ4n) is 2.06. The van der Waals surface area contributed by atoms with Crippen LogP contribution in [-0.4, -0.2) is 11.2 Å². The van der Waals surface area contributed by atoms with Gasteiger partial charge in [-0.2, -0.15) is 0 Å². The molecule has 0 atom stereocenters. The van der Waals surface area contributed by atoms with E-state index >= 15 is 0 Å². The van der Waals surface area contributed by atoms with Crippen molar-refractivity contribution in [1.29, 1.82) is 0 Å². The molecule has 102 valence electrons. The van der Waals surface area contributed by atoms with Crippen LogP contribution in [0.25, 0.3) is 0 Å². The maximum Gasteiger partial charge on any atom is 0.243 e. The Kier molecular flexibility index (Phi) is 5.48. The van der Waals surface area contributed by atoms with E-state index in [4.69, 9.17) is 4.74 Å². The molecule has 19 heavy (non-hydrogen) atoms. The van der Waals surface area contributed by atoms with Gasteiger partial charge in [-0.25, -0.2) is 9.13 Å². The summed E-state index contributed by atoms with van der Waals surface area (Å²) in [5.41, 5.74) is 0. The minimum absolute atomic E-state index is 0.792. The standard InChI is InChI=1S/C16H23N2O/c1-2-10-17-12-13-18(15-17)11-6-7-14-19-16-8-4-3-5-9-16/h3-5,8-9,12-13,15H,2,6-7,10-11,14H2,1H3/q+1. The van der Waals surface area contributed by atoms with E-state index in [0.717, 1.165) is 38.3 Å². The Bertz CT molecular complexity index is 465. The number of aromatic nitrogens is 2. The molecule has 1 aromatic carbocycles. The van der Waals surface area contributed by atoms with Crippen LogP contribution in [0, 0.1) is 0 Å². The lowest BCUT2D eigenvalue weighted by Crippen LogP contribution is -2.30. The van der Waals surface area contributed by atoms with Gasteiger partial charge in [0.25, 0.3) is 0 Å². The number of hydrogen-bond acceptors (Lipinski definition) is 1. The van der Waals surface area contributed by atoms with Gasteiger partial charge in [-0.15, -0.1) is 0 Å². The van der Waals surface area contributed by atoms with Crippen LogP contribution in [-0.2, 0) is 13.1 Å². The van der Waals surface area contributed by atoms with E-state index in [1.165, 1.54) is 6.42 Å². The quantitative estimate of drug-likeness (QED) is 0.526. The summed E-state index contributed by atoms with van der Waals surface area (Å²) in [5.74, 6) is 0.962. The summed E-state index contributed by atoms with van der Waals surface area (Å²) in [4.78, 5) is 0. The largest absolute Gasteiger partial charge is 0.494 e. The molecule has 0 aliphatic rings. The third kappa shape index (κ3) is 4.78. The number of hydrogen-bond donors (Lipinski definition) is 0. The molecule has 0 aliphatic heterocycles. The molecule has 0 aliphatic carbocycles. The van der Waals surface area contributed by atoms with Crippen LogP contribution in [0.3, 0.4) is 0 Å². The highest BCUT2D eigenvalue weighted by molar-refractivity contribution is 5.20. The van der Waals surface area contributed by atoms with E-state index in [2.05, 4.69) is 34.8 Å². The summed E-state index contributed by atoms with van der Waals surface area (Å²) in [7, 11) is 0. The first-order valence-electron chi connectivity index (χ1n) is 7.11. The van der Waals surface area contributed by atoms with Gasteiger partial charge in [-0.3, -0.25) is 0 Å². The first-order valence-corrected chi connectivity index (χ1v) is 7.11. The molecule has 0 N–H and O–H groups in total. The number of para-hydroxylation sites is 1. The number of nitrogens with zero attached hydrogens (tertiary/aromatic N) is 2. The predicted octanol–water partition coefficient (Wildman–Crippen LogP) is 3.04. The van der Waals surface area contributed by atoms with E-state index in [0.29, 0.717) is 0 Å². The summed E-state index contributed by atoms with van der Waals surface area (Å²) in [6.45, 7) is 5.16. The summed E-state index contributed by atoms with van der Waals surface area (Å²) in [6.07, 6.45) is 9.88. The van der Waals surface area contributed by atoms with Gasteiger partial charge in [0, 0.05) is 0 Å². The minimum atomic E-state index is 0.792. The van der Waals surface area contributed by atoms with Crippen LogP contribution in [0.15, 0.2) is 49.1 Å². The van der Waals surface area contributed by atoms with Crippen LogP contribution in [0.4, 0.5) is 0 Å². The number of imidazole rings is 1. The Morgan fingerprint density at radius 3 is 2.79 bits per heavy atom. The topological polar surface area (TPSA) is 18.0 Å². The normalized spacial score (nSPS) is 10.6. The Hall–Kier alpha value is -1.77. The lowest BCUT2D eigenvalue weighted by atomic mass is 10.3. The molecular formula is C16H23N2O+. The summed E-state index contributed by atoms with van der Waals surface area (Å²) < 4.78 is 10.2. The third-order valence-electron chi connectivity index (χ3n) is 3.05. The number of rotatable bonds is 8. The van der Waals surface area contributed by atoms with E-state index in [-0.39, 0.29) is 0 Å². The zero-order valence-electron chi connectivity index (χ0n) is 11.7. The number of unbranched alkanes of at least 4 members (excludes halogenated alkanes) is 1. The van der Waals surface area contributed by atoms with Crippen molar-refractivity contribution in [3.8, 4) is 5.75 Å². The second-order valence-corrected chi connectivity index (χ2v) is 4.76. The van der Waals surface area contributed by atoms with E-state index in [1.807, 2.05) is 30.3 Å². The average molecular weight is 259 g/mol. The van der Waals surface area contributed by atoms with Crippen molar-refractivity contribution in [1.82, 2.24) is 4.57 Å². The molecule has 2 rings (SSSR count). The van der Waals surface area contributed by atoms with Gasteiger partial charge in [0.05, 0.1) is 19.7 Å². The molecule has 2 aromatic rings. The zero-order chi connectivity index (χ0) is 13.3. The molecular weight excluding hydrogens is 236 g/mol. The van der Waals surface area contributed by atoms with Gasteiger partial charge in [0.2, 0.25) is 6.33 Å². The monoisotopic (exact) mass is 259 g/mol. The Labute approximate surface area is 115 Å². The molecule has 0 unspecified atom stereocenters. The Morgan fingerprint density at radius 2 is 2.00 bits per heavy atom. The second kappa shape index (κ2) is 7.62. The molecule has 1 aromatic heterocycles. The van der Waals surface area contributed by atoms with Crippen LogP contribution in [0.2, 0.25) is 0 Å². The fraction of sp³-hybridized carbons (Fsp3) is 0.438. The van der Waals surface area contributed by atoms with Crippen LogP contribution >= 0.6 is 0 Å². The van der Waals surface area contributed by atoms with Crippen molar-refractivity contribution in [3.63, 3.8) is 0 Å². The van der Waals surface area contributed by atoms with Crippen LogP contribution < -0.4 is 9.30 Å². The van der Waals surface area contributed by atoms with Gasteiger partial charge in [0.1, 0.15) is 18.1 Å². The highest BCUT2D eigenvalue weighted by atomic mass is 16.5. The summed E-state index contributed by atoms with van der Waals surface area (Å²) >= 11 is 0. The number of ether oxygens (including phenoxy) is 1. The van der Waals surface area contributed by atoms with E-state index in [1.54, 1.807) is 0 Å². The summed E-state index contributed by atoms with van der Waals surface area (Å²) in [6, 6.07) is 10.0. The minimum Gasteiger partial charge on any atom is -0.494 e. The third-order valence-corrected chi connectivity index (χ3v) is 3.05. The van der Waals surface area contributed by atoms with Gasteiger partial charge in [-0.05, 0) is 31.4 Å². The molecule has 3 heteroatoms. The number of aryl methyl sites for hydroxylation is 2. The van der Waals surface area contributed by atoms with Crippen molar-refractivity contribution in [2.75, 3.05) is 6.61 Å². The molecule has 0 saturated heterocycles. The average Bonchev–Trinajstić information content (AvgIpc) is 2.88. The fourth-order valence-corrected chi connectivity index (χ4v) is 2.06.